The monoisotopic (exact) mass is 464 g/mol. The third kappa shape index (κ3) is 5.16. The van der Waals surface area contributed by atoms with Crippen molar-refractivity contribution in [2.24, 2.45) is 0 Å². The number of thiophene rings is 1. The summed E-state index contributed by atoms with van der Waals surface area (Å²) in [7, 11) is -3.53. The van der Waals surface area contributed by atoms with Crippen LogP contribution in [0, 0.1) is 13.8 Å². The minimum atomic E-state index is -3.53. The normalized spacial score (nSPS) is 14.9. The van der Waals surface area contributed by atoms with Crippen molar-refractivity contribution >= 4 is 38.1 Å². The van der Waals surface area contributed by atoms with Crippen molar-refractivity contribution in [2.75, 3.05) is 31.6 Å². The predicted octanol–water partition coefficient (Wildman–Crippen LogP) is 4.01. The van der Waals surface area contributed by atoms with Crippen LogP contribution in [0.5, 0.6) is 0 Å². The highest BCUT2D eigenvalue weighted by Crippen LogP contribution is 2.33. The number of anilines is 1. The first-order valence-electron chi connectivity index (χ1n) is 10.4. The Bertz CT molecular complexity index is 1050. The van der Waals surface area contributed by atoms with Crippen LogP contribution in [0.3, 0.4) is 0 Å². The first kappa shape index (κ1) is 23.4. The number of hydrogen-bond acceptors (Lipinski definition) is 7. The van der Waals surface area contributed by atoms with E-state index in [-0.39, 0.29) is 23.8 Å². The van der Waals surface area contributed by atoms with Crippen LogP contribution in [-0.4, -0.2) is 50.7 Å². The molecule has 1 saturated heterocycles. The molecule has 0 spiro atoms. The lowest BCUT2D eigenvalue weighted by molar-refractivity contribution is 0.0527. The van der Waals surface area contributed by atoms with Gasteiger partial charge in [-0.25, -0.2) is 13.2 Å². The van der Waals surface area contributed by atoms with Gasteiger partial charge in [-0.2, -0.15) is 4.31 Å². The number of benzene rings is 1. The number of esters is 1. The van der Waals surface area contributed by atoms with Gasteiger partial charge < -0.3 is 10.1 Å². The van der Waals surface area contributed by atoms with Gasteiger partial charge in [-0.15, -0.1) is 11.3 Å². The SMILES string of the molecule is CCOC(=O)c1c(NCC(=O)c2ccc(S(=O)(=O)N3CCCCC3)cc2)sc(C)c1C. The second kappa shape index (κ2) is 9.93. The molecule has 1 aromatic heterocycles. The molecule has 2 aromatic rings. The van der Waals surface area contributed by atoms with Gasteiger partial charge in [0.05, 0.1) is 23.6 Å². The zero-order valence-corrected chi connectivity index (χ0v) is 19.7. The van der Waals surface area contributed by atoms with Gasteiger partial charge in [0, 0.05) is 23.5 Å². The molecule has 2 heterocycles. The Kier molecular flexibility index (Phi) is 7.51. The Labute approximate surface area is 187 Å². The Morgan fingerprint density at radius 2 is 1.74 bits per heavy atom. The number of ether oxygens (including phenoxy) is 1. The van der Waals surface area contributed by atoms with E-state index in [1.165, 1.54) is 39.9 Å². The van der Waals surface area contributed by atoms with E-state index in [2.05, 4.69) is 5.32 Å². The van der Waals surface area contributed by atoms with E-state index in [1.807, 2.05) is 13.8 Å². The summed E-state index contributed by atoms with van der Waals surface area (Å²) >= 11 is 1.40. The first-order chi connectivity index (χ1) is 14.8. The molecule has 1 aliphatic rings. The largest absolute Gasteiger partial charge is 0.462 e. The van der Waals surface area contributed by atoms with Crippen LogP contribution >= 0.6 is 11.3 Å². The summed E-state index contributed by atoms with van der Waals surface area (Å²) in [5, 5.41) is 3.65. The van der Waals surface area contributed by atoms with Crippen LogP contribution in [0.15, 0.2) is 29.2 Å². The molecule has 1 aromatic carbocycles. The van der Waals surface area contributed by atoms with Crippen molar-refractivity contribution in [3.05, 3.63) is 45.8 Å². The van der Waals surface area contributed by atoms with Crippen molar-refractivity contribution in [3.8, 4) is 0 Å². The van der Waals surface area contributed by atoms with Gasteiger partial charge in [-0.05, 0) is 63.4 Å². The van der Waals surface area contributed by atoms with Crippen molar-refractivity contribution in [1.29, 1.82) is 0 Å². The topological polar surface area (TPSA) is 92.8 Å². The van der Waals surface area contributed by atoms with Crippen LogP contribution in [0.25, 0.3) is 0 Å². The Morgan fingerprint density at radius 1 is 1.10 bits per heavy atom. The molecule has 31 heavy (non-hydrogen) atoms. The number of ketones is 1. The van der Waals surface area contributed by atoms with Crippen LogP contribution in [-0.2, 0) is 14.8 Å². The molecule has 0 unspecified atom stereocenters. The highest BCUT2D eigenvalue weighted by atomic mass is 32.2. The lowest BCUT2D eigenvalue weighted by Crippen LogP contribution is -2.35. The summed E-state index contributed by atoms with van der Waals surface area (Å²) in [5.41, 5.74) is 1.71. The van der Waals surface area contributed by atoms with Crippen LogP contribution in [0.1, 0.15) is 57.3 Å². The van der Waals surface area contributed by atoms with Gasteiger partial charge in [-0.3, -0.25) is 4.79 Å². The van der Waals surface area contributed by atoms with E-state index < -0.39 is 16.0 Å². The molecular weight excluding hydrogens is 436 g/mol. The summed E-state index contributed by atoms with van der Waals surface area (Å²) in [6, 6.07) is 6.05. The average Bonchev–Trinajstić information content (AvgIpc) is 3.06. The fraction of sp³-hybridized carbons (Fsp3) is 0.455. The molecule has 0 radical (unpaired) electrons. The average molecular weight is 465 g/mol. The molecule has 9 heteroatoms. The quantitative estimate of drug-likeness (QED) is 0.469. The van der Waals surface area contributed by atoms with E-state index in [0.717, 1.165) is 29.7 Å². The van der Waals surface area contributed by atoms with Crippen LogP contribution < -0.4 is 5.32 Å². The van der Waals surface area contributed by atoms with Crippen molar-refractivity contribution in [2.45, 2.75) is 44.9 Å². The Morgan fingerprint density at radius 3 is 2.35 bits per heavy atom. The number of rotatable bonds is 8. The Balaban J connectivity index is 1.70. The molecule has 1 N–H and O–H groups in total. The van der Waals surface area contributed by atoms with Gasteiger partial charge in [0.25, 0.3) is 0 Å². The van der Waals surface area contributed by atoms with E-state index in [1.54, 1.807) is 6.92 Å². The number of carbonyl (C=O) groups is 2. The molecule has 0 amide bonds. The highest BCUT2D eigenvalue weighted by Gasteiger charge is 2.26. The molecule has 0 aliphatic carbocycles. The third-order valence-electron chi connectivity index (χ3n) is 5.40. The smallest absolute Gasteiger partial charge is 0.341 e. The van der Waals surface area contributed by atoms with Crippen molar-refractivity contribution in [1.82, 2.24) is 4.31 Å². The first-order valence-corrected chi connectivity index (χ1v) is 12.7. The zero-order valence-electron chi connectivity index (χ0n) is 18.1. The summed E-state index contributed by atoms with van der Waals surface area (Å²) in [5.74, 6) is -0.605. The maximum atomic E-state index is 12.8. The fourth-order valence-electron chi connectivity index (χ4n) is 3.53. The Hall–Kier alpha value is -2.23. The number of carbonyl (C=O) groups excluding carboxylic acids is 2. The van der Waals surface area contributed by atoms with Gasteiger partial charge in [0.2, 0.25) is 10.0 Å². The zero-order chi connectivity index (χ0) is 22.6. The molecular formula is C22H28N2O5S2. The van der Waals surface area contributed by atoms with Crippen LogP contribution in [0.4, 0.5) is 5.00 Å². The van der Waals surface area contributed by atoms with Crippen LogP contribution in [0.2, 0.25) is 0 Å². The molecule has 1 fully saturated rings. The predicted molar refractivity (Wildman–Crippen MR) is 122 cm³/mol. The van der Waals surface area contributed by atoms with E-state index >= 15 is 0 Å². The van der Waals surface area contributed by atoms with E-state index in [9.17, 15) is 18.0 Å². The van der Waals surface area contributed by atoms with Gasteiger partial charge in [0.15, 0.2) is 5.78 Å². The van der Waals surface area contributed by atoms with E-state index in [0.29, 0.717) is 29.2 Å². The number of aryl methyl sites for hydroxylation is 1. The summed E-state index contributed by atoms with van der Waals surface area (Å²) < 4.78 is 32.1. The summed E-state index contributed by atoms with van der Waals surface area (Å²) in [4.78, 5) is 26.1. The molecule has 1 aliphatic heterocycles. The molecule has 7 nitrogen and oxygen atoms in total. The van der Waals surface area contributed by atoms with E-state index in [4.69, 9.17) is 4.74 Å². The number of nitrogens with zero attached hydrogens (tertiary/aromatic N) is 1. The number of Topliss-reactive ketones (excluding diaryl/α,β-unsaturated/α-hetero) is 1. The molecule has 0 atom stereocenters. The minimum absolute atomic E-state index is 0.00990. The number of sulfonamides is 1. The maximum Gasteiger partial charge on any atom is 0.341 e. The maximum absolute atomic E-state index is 12.8. The lowest BCUT2D eigenvalue weighted by Gasteiger charge is -2.25. The van der Waals surface area contributed by atoms with Gasteiger partial charge in [0.1, 0.15) is 5.00 Å². The molecule has 3 rings (SSSR count). The molecule has 168 valence electrons. The summed E-state index contributed by atoms with van der Waals surface area (Å²) in [6.07, 6.45) is 2.79. The fourth-order valence-corrected chi connectivity index (χ4v) is 6.09. The molecule has 0 bridgehead atoms. The van der Waals surface area contributed by atoms with Gasteiger partial charge >= 0.3 is 5.97 Å². The van der Waals surface area contributed by atoms with Crippen molar-refractivity contribution < 1.29 is 22.7 Å². The number of hydrogen-bond donors (Lipinski definition) is 1. The minimum Gasteiger partial charge on any atom is -0.462 e. The standard InChI is InChI=1S/C22H28N2O5S2/c1-4-29-22(26)20-15(2)16(3)30-21(20)23-14-19(25)17-8-10-18(11-9-17)31(27,28)24-12-6-5-7-13-24/h8-11,23H,4-7,12-14H2,1-3H3. The third-order valence-corrected chi connectivity index (χ3v) is 8.48. The summed E-state index contributed by atoms with van der Waals surface area (Å²) in [6.45, 7) is 6.86. The second-order valence-electron chi connectivity index (χ2n) is 7.47. The molecule has 0 saturated carbocycles. The lowest BCUT2D eigenvalue weighted by atomic mass is 10.1. The van der Waals surface area contributed by atoms with Crippen molar-refractivity contribution in [3.63, 3.8) is 0 Å². The highest BCUT2D eigenvalue weighted by molar-refractivity contribution is 7.89. The van der Waals surface area contributed by atoms with Gasteiger partial charge in [-0.1, -0.05) is 6.42 Å². The number of piperidine rings is 1. The number of nitrogens with one attached hydrogen (secondary N) is 1. The second-order valence-corrected chi connectivity index (χ2v) is 10.6.